The highest BCUT2D eigenvalue weighted by Crippen LogP contribution is 2.26. The summed E-state index contributed by atoms with van der Waals surface area (Å²) in [6.45, 7) is 0. The first kappa shape index (κ1) is 14.9. The summed E-state index contributed by atoms with van der Waals surface area (Å²) in [5.74, 6) is -0.837. The fourth-order valence-corrected chi connectivity index (χ4v) is 3.48. The summed E-state index contributed by atoms with van der Waals surface area (Å²) in [7, 11) is -4.18. The molecule has 2 aromatic rings. The predicted octanol–water partition coefficient (Wildman–Crippen LogP) is 2.61. The highest BCUT2D eigenvalue weighted by atomic mass is 35.5. The molecule has 0 amide bonds. The second kappa shape index (κ2) is 5.62. The number of nitrogens with one attached hydrogen (secondary N) is 1. The monoisotopic (exact) mass is 337 g/mol. The third kappa shape index (κ3) is 2.93. The van der Waals surface area contributed by atoms with E-state index in [9.17, 15) is 13.2 Å². The third-order valence-electron chi connectivity index (χ3n) is 3.33. The molecule has 7 heteroatoms. The Kier molecular flexibility index (Phi) is 3.80. The number of hydrogen-bond donors (Lipinski definition) is 1. The lowest BCUT2D eigenvalue weighted by Gasteiger charge is -2.11. The molecule has 0 bridgehead atoms. The molecule has 1 unspecified atom stereocenters. The lowest BCUT2D eigenvalue weighted by molar-refractivity contribution is -0.134. The maximum absolute atomic E-state index is 12.1. The fraction of sp³-hybridized carbons (Fsp3) is 0.133. The van der Waals surface area contributed by atoms with Crippen molar-refractivity contribution in [3.05, 3.63) is 59.1 Å². The van der Waals surface area contributed by atoms with Gasteiger partial charge in [0.1, 0.15) is 10.9 Å². The second-order valence-electron chi connectivity index (χ2n) is 4.87. The Balaban J connectivity index is 1.75. The zero-order valence-corrected chi connectivity index (χ0v) is 12.9. The molecule has 3 rings (SSSR count). The highest BCUT2D eigenvalue weighted by Gasteiger charge is 2.31. The number of halogens is 1. The van der Waals surface area contributed by atoms with Crippen molar-refractivity contribution in [3.8, 4) is 0 Å². The predicted molar refractivity (Wildman–Crippen MR) is 82.3 cm³/mol. The number of rotatable bonds is 3. The van der Waals surface area contributed by atoms with Crippen LogP contribution in [0.5, 0.6) is 0 Å². The van der Waals surface area contributed by atoms with Gasteiger partial charge in [0.25, 0.3) is 0 Å². The summed E-state index contributed by atoms with van der Waals surface area (Å²) in [4.78, 5) is 11.9. The topological polar surface area (TPSA) is 72.5 Å². The van der Waals surface area contributed by atoms with Gasteiger partial charge in [-0.15, -0.1) is 0 Å². The van der Waals surface area contributed by atoms with E-state index in [4.69, 9.17) is 15.8 Å². The minimum atomic E-state index is -4.18. The lowest BCUT2D eigenvalue weighted by atomic mass is 10.1. The fourth-order valence-electron chi connectivity index (χ4n) is 2.28. The standard InChI is InChI=1S/C15H12ClNO4S/c16-11-5-3-6-12(9-11)22(19,20)21-15(18)14-8-10-4-1-2-7-13(10)17-14/h1-7,9,14,17H,8H2. The average Bonchev–Trinajstić information content (AvgIpc) is 2.91. The van der Waals surface area contributed by atoms with Gasteiger partial charge >= 0.3 is 16.1 Å². The molecule has 0 saturated heterocycles. The van der Waals surface area contributed by atoms with Crippen molar-refractivity contribution in [3.63, 3.8) is 0 Å². The molecule has 0 fully saturated rings. The van der Waals surface area contributed by atoms with Crippen LogP contribution in [-0.2, 0) is 25.5 Å². The van der Waals surface area contributed by atoms with E-state index in [1.807, 2.05) is 24.3 Å². The Hall–Kier alpha value is -2.05. The Morgan fingerprint density at radius 3 is 2.68 bits per heavy atom. The molecule has 2 aromatic carbocycles. The van der Waals surface area contributed by atoms with Gasteiger partial charge < -0.3 is 9.50 Å². The van der Waals surface area contributed by atoms with Gasteiger partial charge in [-0.1, -0.05) is 35.9 Å². The average molecular weight is 338 g/mol. The van der Waals surface area contributed by atoms with Crippen LogP contribution in [0.3, 0.4) is 0 Å². The second-order valence-corrected chi connectivity index (χ2v) is 6.85. The number of fused-ring (bicyclic) bond motifs is 1. The van der Waals surface area contributed by atoms with Crippen LogP contribution < -0.4 is 5.32 Å². The molecule has 1 heterocycles. The zero-order valence-electron chi connectivity index (χ0n) is 11.3. The van der Waals surface area contributed by atoms with Crippen LogP contribution in [0.4, 0.5) is 5.69 Å². The molecule has 0 spiro atoms. The van der Waals surface area contributed by atoms with Gasteiger partial charge in [0, 0.05) is 17.1 Å². The minimum Gasteiger partial charge on any atom is -0.372 e. The largest absolute Gasteiger partial charge is 0.372 e. The van der Waals surface area contributed by atoms with Gasteiger partial charge in [0.05, 0.1) is 0 Å². The molecule has 114 valence electrons. The van der Waals surface area contributed by atoms with E-state index < -0.39 is 22.1 Å². The minimum absolute atomic E-state index is 0.149. The normalized spacial score (nSPS) is 16.7. The quantitative estimate of drug-likeness (QED) is 0.872. The van der Waals surface area contributed by atoms with Crippen molar-refractivity contribution < 1.29 is 17.4 Å². The molecule has 0 saturated carbocycles. The number of para-hydroxylation sites is 1. The summed E-state index contributed by atoms with van der Waals surface area (Å²) in [5.41, 5.74) is 1.76. The molecule has 1 N–H and O–H groups in total. The number of anilines is 1. The van der Waals surface area contributed by atoms with E-state index in [1.54, 1.807) is 0 Å². The van der Waals surface area contributed by atoms with E-state index in [0.717, 1.165) is 11.3 Å². The molecular weight excluding hydrogens is 326 g/mol. The van der Waals surface area contributed by atoms with Crippen molar-refractivity contribution in [1.82, 2.24) is 0 Å². The Morgan fingerprint density at radius 1 is 1.18 bits per heavy atom. The van der Waals surface area contributed by atoms with E-state index >= 15 is 0 Å². The third-order valence-corrected chi connectivity index (χ3v) is 4.78. The summed E-state index contributed by atoms with van der Waals surface area (Å²) < 4.78 is 28.9. The van der Waals surface area contributed by atoms with E-state index in [0.29, 0.717) is 6.42 Å². The van der Waals surface area contributed by atoms with Gasteiger partial charge in [-0.05, 0) is 29.8 Å². The Bertz CT molecular complexity index is 810. The Labute approximate surface area is 133 Å². The van der Waals surface area contributed by atoms with Crippen LogP contribution in [0.15, 0.2) is 53.4 Å². The maximum Gasteiger partial charge on any atom is 0.344 e. The summed E-state index contributed by atoms with van der Waals surface area (Å²) >= 11 is 5.76. The van der Waals surface area contributed by atoms with Crippen molar-refractivity contribution in [2.45, 2.75) is 17.4 Å². The molecule has 5 nitrogen and oxygen atoms in total. The smallest absolute Gasteiger partial charge is 0.344 e. The van der Waals surface area contributed by atoms with Gasteiger partial charge in [0.15, 0.2) is 0 Å². The van der Waals surface area contributed by atoms with Gasteiger partial charge in [-0.2, -0.15) is 8.42 Å². The highest BCUT2D eigenvalue weighted by molar-refractivity contribution is 7.87. The van der Waals surface area contributed by atoms with Gasteiger partial charge in [0.2, 0.25) is 0 Å². The number of carbonyl (C=O) groups is 1. The van der Waals surface area contributed by atoms with Crippen molar-refractivity contribution in [2.24, 2.45) is 0 Å². The SMILES string of the molecule is O=C(OS(=O)(=O)c1cccc(Cl)c1)C1Cc2ccccc2N1. The first-order valence-corrected chi connectivity index (χ1v) is 8.33. The van der Waals surface area contributed by atoms with Crippen molar-refractivity contribution in [2.75, 3.05) is 5.32 Å². The number of carbonyl (C=O) groups excluding carboxylic acids is 1. The van der Waals surface area contributed by atoms with Gasteiger partial charge in [-0.3, -0.25) is 0 Å². The van der Waals surface area contributed by atoms with Crippen LogP contribution >= 0.6 is 11.6 Å². The molecule has 22 heavy (non-hydrogen) atoms. The first-order valence-electron chi connectivity index (χ1n) is 6.54. The zero-order chi connectivity index (χ0) is 15.7. The molecule has 1 aliphatic rings. The van der Waals surface area contributed by atoms with Crippen LogP contribution in [-0.4, -0.2) is 20.4 Å². The molecular formula is C15H12ClNO4S. The van der Waals surface area contributed by atoms with Crippen LogP contribution in [0, 0.1) is 0 Å². The molecule has 0 aromatic heterocycles. The lowest BCUT2D eigenvalue weighted by Crippen LogP contribution is -2.31. The first-order chi connectivity index (χ1) is 10.5. The van der Waals surface area contributed by atoms with Crippen molar-refractivity contribution in [1.29, 1.82) is 0 Å². The van der Waals surface area contributed by atoms with E-state index in [2.05, 4.69) is 5.32 Å². The molecule has 0 aliphatic carbocycles. The number of benzene rings is 2. The Morgan fingerprint density at radius 2 is 1.95 bits per heavy atom. The summed E-state index contributed by atoms with van der Waals surface area (Å²) in [5, 5.41) is 3.21. The maximum atomic E-state index is 12.1. The van der Waals surface area contributed by atoms with Crippen LogP contribution in [0.2, 0.25) is 5.02 Å². The molecule has 1 atom stereocenters. The molecule has 0 radical (unpaired) electrons. The number of hydrogen-bond acceptors (Lipinski definition) is 5. The van der Waals surface area contributed by atoms with E-state index in [1.165, 1.54) is 24.3 Å². The summed E-state index contributed by atoms with van der Waals surface area (Å²) in [6, 6.07) is 12.3. The van der Waals surface area contributed by atoms with Crippen LogP contribution in [0.1, 0.15) is 5.56 Å². The van der Waals surface area contributed by atoms with E-state index in [-0.39, 0.29) is 9.92 Å². The summed E-state index contributed by atoms with van der Waals surface area (Å²) in [6.07, 6.45) is 0.389. The van der Waals surface area contributed by atoms with Crippen molar-refractivity contribution >= 4 is 33.4 Å². The molecule has 1 aliphatic heterocycles. The van der Waals surface area contributed by atoms with Crippen LogP contribution in [0.25, 0.3) is 0 Å². The van der Waals surface area contributed by atoms with Gasteiger partial charge in [-0.25, -0.2) is 4.79 Å².